The van der Waals surface area contributed by atoms with Crippen LogP contribution >= 0.6 is 23.1 Å². The van der Waals surface area contributed by atoms with Crippen molar-refractivity contribution in [3.8, 4) is 0 Å². The van der Waals surface area contributed by atoms with Crippen molar-refractivity contribution < 1.29 is 14.7 Å². The zero-order chi connectivity index (χ0) is 15.3. The van der Waals surface area contributed by atoms with Gasteiger partial charge in [-0.05, 0) is 32.1 Å². The van der Waals surface area contributed by atoms with Crippen LogP contribution in [0.25, 0.3) is 0 Å². The zero-order valence-electron chi connectivity index (χ0n) is 12.1. The van der Waals surface area contributed by atoms with Crippen LogP contribution in [0.4, 0.5) is 9.80 Å². The van der Waals surface area contributed by atoms with E-state index in [0.717, 1.165) is 11.3 Å². The Morgan fingerprint density at radius 2 is 2.05 bits per heavy atom. The van der Waals surface area contributed by atoms with Gasteiger partial charge >= 0.3 is 12.0 Å². The highest BCUT2D eigenvalue weighted by atomic mass is 32.2. The molecule has 1 atom stereocenters. The van der Waals surface area contributed by atoms with Crippen molar-refractivity contribution in [1.82, 2.24) is 5.32 Å². The van der Waals surface area contributed by atoms with Crippen molar-refractivity contribution in [2.45, 2.75) is 32.4 Å². The number of aryl methyl sites for hydroxylation is 1. The number of carboxylic acid groups (broad SMARTS) is 1. The molecule has 1 aromatic heterocycles. The molecule has 7 heteroatoms. The lowest BCUT2D eigenvalue weighted by Crippen LogP contribution is -2.30. The number of amides is 2. The van der Waals surface area contributed by atoms with Crippen LogP contribution in [0.5, 0.6) is 0 Å². The summed E-state index contributed by atoms with van der Waals surface area (Å²) in [5.41, 5.74) is 0.883. The van der Waals surface area contributed by atoms with Gasteiger partial charge in [0.1, 0.15) is 5.00 Å². The smallest absolute Gasteiger partial charge is 0.338 e. The van der Waals surface area contributed by atoms with E-state index < -0.39 is 5.97 Å². The molecule has 3 N–H and O–H groups in total. The number of rotatable bonds is 6. The highest BCUT2D eigenvalue weighted by Crippen LogP contribution is 2.32. The topological polar surface area (TPSA) is 78.4 Å². The molecule has 1 unspecified atom stereocenters. The molecule has 0 aliphatic carbocycles. The van der Waals surface area contributed by atoms with E-state index in [-0.39, 0.29) is 11.6 Å². The molecule has 0 saturated carbocycles. The molecule has 0 bridgehead atoms. The van der Waals surface area contributed by atoms with Gasteiger partial charge in [0, 0.05) is 16.7 Å². The van der Waals surface area contributed by atoms with Gasteiger partial charge in [-0.25, -0.2) is 9.59 Å². The molecule has 1 heterocycles. The van der Waals surface area contributed by atoms with Crippen LogP contribution in [0.2, 0.25) is 0 Å². The summed E-state index contributed by atoms with van der Waals surface area (Å²) < 4.78 is 0. The highest BCUT2D eigenvalue weighted by molar-refractivity contribution is 7.99. The summed E-state index contributed by atoms with van der Waals surface area (Å²) in [7, 11) is 0. The van der Waals surface area contributed by atoms with Crippen molar-refractivity contribution in [1.29, 1.82) is 0 Å². The maximum atomic E-state index is 11.8. The van der Waals surface area contributed by atoms with Crippen molar-refractivity contribution in [2.24, 2.45) is 0 Å². The van der Waals surface area contributed by atoms with Gasteiger partial charge in [-0.1, -0.05) is 6.92 Å². The average Bonchev–Trinajstić information content (AvgIpc) is 2.64. The zero-order valence-corrected chi connectivity index (χ0v) is 13.7. The fraction of sp³-hybridized carbons (Fsp3) is 0.538. The number of carbonyl (C=O) groups is 2. The van der Waals surface area contributed by atoms with Gasteiger partial charge in [0.2, 0.25) is 0 Å². The van der Waals surface area contributed by atoms with Gasteiger partial charge in [-0.3, -0.25) is 5.32 Å². The van der Waals surface area contributed by atoms with Crippen molar-refractivity contribution in [2.75, 3.05) is 18.1 Å². The first-order valence-electron chi connectivity index (χ1n) is 6.27. The van der Waals surface area contributed by atoms with Crippen molar-refractivity contribution >= 4 is 40.1 Å². The van der Waals surface area contributed by atoms with E-state index in [1.807, 2.05) is 13.2 Å². The number of nitrogens with one attached hydrogen (secondary N) is 2. The molecule has 0 aromatic carbocycles. The third-order valence-electron chi connectivity index (χ3n) is 3.07. The van der Waals surface area contributed by atoms with E-state index in [1.165, 1.54) is 11.3 Å². The van der Waals surface area contributed by atoms with Crippen LogP contribution in [0.15, 0.2) is 0 Å². The Kier molecular flexibility index (Phi) is 6.35. The third-order valence-corrected chi connectivity index (χ3v) is 5.23. The van der Waals surface area contributed by atoms with E-state index in [4.69, 9.17) is 0 Å². The van der Waals surface area contributed by atoms with Gasteiger partial charge in [-0.15, -0.1) is 11.3 Å². The van der Waals surface area contributed by atoms with E-state index in [1.54, 1.807) is 18.7 Å². The second kappa shape index (κ2) is 7.54. The number of thiophene rings is 1. The molecule has 0 spiro atoms. The second-order valence-electron chi connectivity index (χ2n) is 4.51. The summed E-state index contributed by atoms with van der Waals surface area (Å²) in [5.74, 6) is -1.02. The number of aromatic carboxylic acids is 1. The van der Waals surface area contributed by atoms with Gasteiger partial charge < -0.3 is 10.4 Å². The highest BCUT2D eigenvalue weighted by Gasteiger charge is 2.20. The summed E-state index contributed by atoms with van der Waals surface area (Å²) in [5, 5.41) is 15.4. The number of thioether (sulfide) groups is 1. The number of carbonyl (C=O) groups excluding carboxylic acids is 1. The number of anilines is 1. The fourth-order valence-corrected chi connectivity index (χ4v) is 3.03. The second-order valence-corrected chi connectivity index (χ2v) is 7.01. The fourth-order valence-electron chi connectivity index (χ4n) is 1.63. The lowest BCUT2D eigenvalue weighted by Gasteiger charge is -2.10. The van der Waals surface area contributed by atoms with Crippen LogP contribution in [0.1, 0.15) is 34.1 Å². The largest absolute Gasteiger partial charge is 0.478 e. The SMILES string of the molecule is CSC(C)CCNC(=O)Nc1sc(C)c(C)c1C(=O)O. The van der Waals surface area contributed by atoms with Crippen LogP contribution < -0.4 is 10.6 Å². The maximum Gasteiger partial charge on any atom is 0.338 e. The van der Waals surface area contributed by atoms with E-state index in [9.17, 15) is 14.7 Å². The third kappa shape index (κ3) is 4.42. The lowest BCUT2D eigenvalue weighted by atomic mass is 10.1. The summed E-state index contributed by atoms with van der Waals surface area (Å²) in [6, 6.07) is -0.359. The predicted octanol–water partition coefficient (Wildman–Crippen LogP) is 3.33. The van der Waals surface area contributed by atoms with Crippen molar-refractivity contribution in [3.63, 3.8) is 0 Å². The summed E-state index contributed by atoms with van der Waals surface area (Å²) in [6.45, 7) is 6.26. The molecule has 0 saturated heterocycles. The van der Waals surface area contributed by atoms with Crippen LogP contribution in [-0.2, 0) is 0 Å². The number of hydrogen-bond donors (Lipinski definition) is 3. The molecule has 5 nitrogen and oxygen atoms in total. The lowest BCUT2D eigenvalue weighted by molar-refractivity contribution is 0.0697. The molecule has 0 fully saturated rings. The van der Waals surface area contributed by atoms with E-state index in [0.29, 0.717) is 22.4 Å². The minimum atomic E-state index is -1.02. The van der Waals surface area contributed by atoms with Gasteiger partial charge in [0.15, 0.2) is 0 Å². The molecule has 0 aliphatic heterocycles. The monoisotopic (exact) mass is 316 g/mol. The van der Waals surface area contributed by atoms with Gasteiger partial charge in [0.25, 0.3) is 0 Å². The van der Waals surface area contributed by atoms with Gasteiger partial charge in [-0.2, -0.15) is 11.8 Å². The Morgan fingerprint density at radius 1 is 1.40 bits per heavy atom. The average molecular weight is 316 g/mol. The van der Waals surface area contributed by atoms with E-state index in [2.05, 4.69) is 17.6 Å². The molecular formula is C13H20N2O3S2. The first-order chi connectivity index (χ1) is 9.36. The molecule has 1 rings (SSSR count). The Bertz CT molecular complexity index is 500. The molecule has 112 valence electrons. The predicted molar refractivity (Wildman–Crippen MR) is 85.4 cm³/mol. The molecular weight excluding hydrogens is 296 g/mol. The normalized spacial score (nSPS) is 12.0. The van der Waals surface area contributed by atoms with Crippen LogP contribution in [-0.4, -0.2) is 35.2 Å². The molecule has 20 heavy (non-hydrogen) atoms. The molecule has 2 amide bonds. The standard InChI is InChI=1S/C13H20N2O3S2/c1-7(19-4)5-6-14-13(18)15-11-10(12(16)17)8(2)9(3)20-11/h7H,5-6H2,1-4H3,(H,16,17)(H2,14,15,18). The van der Waals surface area contributed by atoms with Crippen molar-refractivity contribution in [3.05, 3.63) is 16.0 Å². The quantitative estimate of drug-likeness (QED) is 0.752. The number of carboxylic acids is 1. The minimum Gasteiger partial charge on any atom is -0.478 e. The first-order valence-corrected chi connectivity index (χ1v) is 8.38. The summed E-state index contributed by atoms with van der Waals surface area (Å²) >= 11 is 3.03. The number of hydrogen-bond acceptors (Lipinski definition) is 4. The maximum absolute atomic E-state index is 11.8. The Hall–Kier alpha value is -1.21. The van der Waals surface area contributed by atoms with E-state index >= 15 is 0 Å². The Balaban J connectivity index is 2.62. The molecule has 1 aromatic rings. The minimum absolute atomic E-state index is 0.181. The van der Waals surface area contributed by atoms with Crippen LogP contribution in [0, 0.1) is 13.8 Å². The Morgan fingerprint density at radius 3 is 2.60 bits per heavy atom. The van der Waals surface area contributed by atoms with Gasteiger partial charge in [0.05, 0.1) is 5.56 Å². The first kappa shape index (κ1) is 16.8. The van der Waals surface area contributed by atoms with Crippen LogP contribution in [0.3, 0.4) is 0 Å². The number of urea groups is 1. The molecule has 0 radical (unpaired) electrons. The summed E-state index contributed by atoms with van der Waals surface area (Å²) in [6.07, 6.45) is 2.91. The molecule has 0 aliphatic rings. The summed E-state index contributed by atoms with van der Waals surface area (Å²) in [4.78, 5) is 23.9. The Labute approximate surface area is 127 Å².